The van der Waals surface area contributed by atoms with Gasteiger partial charge < -0.3 is 10.2 Å². The van der Waals surface area contributed by atoms with Gasteiger partial charge in [-0.2, -0.15) is 0 Å². The van der Waals surface area contributed by atoms with E-state index in [0.717, 1.165) is 15.6 Å². The summed E-state index contributed by atoms with van der Waals surface area (Å²) in [5.74, 6) is -0.0396. The first-order valence-electron chi connectivity index (χ1n) is 6.85. The van der Waals surface area contributed by atoms with Crippen LogP contribution < -0.4 is 5.32 Å². The summed E-state index contributed by atoms with van der Waals surface area (Å²) in [6, 6.07) is 3.82. The van der Waals surface area contributed by atoms with Crippen LogP contribution in [0.2, 0.25) is 4.34 Å². The summed E-state index contributed by atoms with van der Waals surface area (Å²) in [4.78, 5) is 27.2. The third kappa shape index (κ3) is 2.99. The van der Waals surface area contributed by atoms with E-state index in [1.807, 2.05) is 26.0 Å². The zero-order chi connectivity index (χ0) is 14.8. The lowest BCUT2D eigenvalue weighted by atomic mass is 9.89. The largest absolute Gasteiger partial charge is 0.340 e. The van der Waals surface area contributed by atoms with Crippen LogP contribution in [0.1, 0.15) is 31.6 Å². The van der Waals surface area contributed by atoms with Crippen molar-refractivity contribution in [1.29, 1.82) is 0 Å². The van der Waals surface area contributed by atoms with Crippen molar-refractivity contribution < 1.29 is 9.59 Å². The quantitative estimate of drug-likeness (QED) is 0.907. The van der Waals surface area contributed by atoms with Crippen LogP contribution in [-0.2, 0) is 16.0 Å². The van der Waals surface area contributed by atoms with Crippen LogP contribution >= 0.6 is 22.9 Å². The molecule has 0 saturated carbocycles. The van der Waals surface area contributed by atoms with Crippen LogP contribution in [0.25, 0.3) is 0 Å². The summed E-state index contributed by atoms with van der Waals surface area (Å²) in [5, 5.41) is 2.86. The van der Waals surface area contributed by atoms with E-state index >= 15 is 0 Å². The highest BCUT2D eigenvalue weighted by molar-refractivity contribution is 7.16. The molecule has 0 atom stereocenters. The molecule has 2 heterocycles. The highest BCUT2D eigenvalue weighted by Gasteiger charge is 2.43. The maximum atomic E-state index is 12.6. The van der Waals surface area contributed by atoms with E-state index < -0.39 is 5.54 Å². The fraction of sp³-hybridized carbons (Fsp3) is 0.571. The SMILES string of the molecule is CCC1(CC)NC(=O)CN(CCc2ccc(Cl)s2)C1=O. The second-order valence-corrected chi connectivity index (χ2v) is 6.82. The summed E-state index contributed by atoms with van der Waals surface area (Å²) in [5.41, 5.74) is -0.720. The molecule has 2 rings (SSSR count). The predicted molar refractivity (Wildman–Crippen MR) is 81.1 cm³/mol. The Morgan fingerprint density at radius 3 is 2.60 bits per heavy atom. The molecule has 0 aromatic carbocycles. The summed E-state index contributed by atoms with van der Waals surface area (Å²) in [7, 11) is 0. The average Bonchev–Trinajstić information content (AvgIpc) is 2.85. The second-order valence-electron chi connectivity index (χ2n) is 5.02. The Morgan fingerprint density at radius 2 is 2.05 bits per heavy atom. The number of carbonyl (C=O) groups is 2. The summed E-state index contributed by atoms with van der Waals surface area (Å²) < 4.78 is 0.749. The van der Waals surface area contributed by atoms with Crippen LogP contribution in [0.15, 0.2) is 12.1 Å². The van der Waals surface area contributed by atoms with Crippen molar-refractivity contribution in [2.45, 2.75) is 38.6 Å². The lowest BCUT2D eigenvalue weighted by molar-refractivity contribution is -0.150. The fourth-order valence-corrected chi connectivity index (χ4v) is 3.63. The van der Waals surface area contributed by atoms with Crippen LogP contribution in [0, 0.1) is 0 Å². The number of rotatable bonds is 5. The molecule has 4 nitrogen and oxygen atoms in total. The number of hydrogen-bond donors (Lipinski definition) is 1. The van der Waals surface area contributed by atoms with Crippen molar-refractivity contribution in [3.63, 3.8) is 0 Å². The summed E-state index contributed by atoms with van der Waals surface area (Å²) in [6.45, 7) is 4.58. The van der Waals surface area contributed by atoms with Gasteiger partial charge in [0.05, 0.1) is 10.9 Å². The second kappa shape index (κ2) is 6.14. The minimum atomic E-state index is -0.720. The highest BCUT2D eigenvalue weighted by atomic mass is 35.5. The van der Waals surface area contributed by atoms with Gasteiger partial charge in [-0.05, 0) is 31.4 Å². The zero-order valence-electron chi connectivity index (χ0n) is 11.7. The third-order valence-electron chi connectivity index (χ3n) is 3.87. The Bertz CT molecular complexity index is 511. The van der Waals surface area contributed by atoms with Crippen molar-refractivity contribution in [2.75, 3.05) is 13.1 Å². The lowest BCUT2D eigenvalue weighted by Gasteiger charge is -2.41. The van der Waals surface area contributed by atoms with Crippen LogP contribution in [-0.4, -0.2) is 35.3 Å². The van der Waals surface area contributed by atoms with Crippen molar-refractivity contribution in [2.24, 2.45) is 0 Å². The molecular weight excluding hydrogens is 296 g/mol. The standard InChI is InChI=1S/C14H19ClN2O2S/c1-3-14(4-2)13(19)17(9-12(18)16-14)8-7-10-5-6-11(15)20-10/h5-6H,3-4,7-9H2,1-2H3,(H,16,18). The fourth-order valence-electron chi connectivity index (χ4n) is 2.55. The van der Waals surface area contributed by atoms with Gasteiger partial charge in [0.15, 0.2) is 0 Å². The Morgan fingerprint density at radius 1 is 1.35 bits per heavy atom. The monoisotopic (exact) mass is 314 g/mol. The lowest BCUT2D eigenvalue weighted by Crippen LogP contribution is -2.66. The van der Waals surface area contributed by atoms with Crippen molar-refractivity contribution in [3.05, 3.63) is 21.3 Å². The topological polar surface area (TPSA) is 49.4 Å². The smallest absolute Gasteiger partial charge is 0.248 e. The average molecular weight is 315 g/mol. The first kappa shape index (κ1) is 15.3. The van der Waals surface area contributed by atoms with Crippen LogP contribution in [0.5, 0.6) is 0 Å². The maximum absolute atomic E-state index is 12.6. The molecular formula is C14H19ClN2O2S. The Hall–Kier alpha value is -1.07. The molecule has 1 aliphatic heterocycles. The molecule has 1 aromatic heterocycles. The van der Waals surface area contributed by atoms with Gasteiger partial charge in [-0.3, -0.25) is 9.59 Å². The predicted octanol–water partition coefficient (Wildman–Crippen LogP) is 2.46. The van der Waals surface area contributed by atoms with E-state index in [2.05, 4.69) is 5.32 Å². The Balaban J connectivity index is 2.06. The van der Waals surface area contributed by atoms with Crippen LogP contribution in [0.3, 0.4) is 0 Å². The van der Waals surface area contributed by atoms with E-state index in [1.54, 1.807) is 4.90 Å². The molecule has 1 aromatic rings. The third-order valence-corrected chi connectivity index (χ3v) is 5.16. The van der Waals surface area contributed by atoms with Gasteiger partial charge in [-0.15, -0.1) is 11.3 Å². The summed E-state index contributed by atoms with van der Waals surface area (Å²) >= 11 is 7.41. The molecule has 110 valence electrons. The number of hydrogen-bond acceptors (Lipinski definition) is 3. The van der Waals surface area contributed by atoms with Gasteiger partial charge in [-0.1, -0.05) is 25.4 Å². The molecule has 20 heavy (non-hydrogen) atoms. The van der Waals surface area contributed by atoms with Crippen molar-refractivity contribution >= 4 is 34.8 Å². The first-order chi connectivity index (χ1) is 9.50. The van der Waals surface area contributed by atoms with Gasteiger partial charge in [-0.25, -0.2) is 0 Å². The maximum Gasteiger partial charge on any atom is 0.248 e. The number of nitrogens with zero attached hydrogens (tertiary/aromatic N) is 1. The molecule has 1 N–H and O–H groups in total. The molecule has 0 aliphatic carbocycles. The molecule has 0 bridgehead atoms. The first-order valence-corrected chi connectivity index (χ1v) is 8.05. The van der Waals surface area contributed by atoms with E-state index in [1.165, 1.54) is 11.3 Å². The minimum absolute atomic E-state index is 0.0322. The van der Waals surface area contributed by atoms with Crippen molar-refractivity contribution in [1.82, 2.24) is 10.2 Å². The molecule has 0 radical (unpaired) electrons. The number of piperazine rings is 1. The van der Waals surface area contributed by atoms with E-state index in [4.69, 9.17) is 11.6 Å². The molecule has 0 unspecified atom stereocenters. The number of thiophene rings is 1. The molecule has 1 fully saturated rings. The minimum Gasteiger partial charge on any atom is -0.340 e. The van der Waals surface area contributed by atoms with Crippen molar-refractivity contribution in [3.8, 4) is 0 Å². The van der Waals surface area contributed by atoms with Gasteiger partial charge >= 0.3 is 0 Å². The zero-order valence-corrected chi connectivity index (χ0v) is 13.3. The molecule has 1 aliphatic rings. The number of carbonyl (C=O) groups excluding carboxylic acids is 2. The number of amides is 2. The molecule has 2 amide bonds. The number of halogens is 1. The normalized spacial score (nSPS) is 18.2. The van der Waals surface area contributed by atoms with E-state index in [0.29, 0.717) is 19.4 Å². The number of nitrogens with one attached hydrogen (secondary N) is 1. The summed E-state index contributed by atoms with van der Waals surface area (Å²) in [6.07, 6.45) is 1.98. The van der Waals surface area contributed by atoms with Gasteiger partial charge in [0.1, 0.15) is 5.54 Å². The Kier molecular flexibility index (Phi) is 4.70. The Labute approximate surface area is 128 Å². The van der Waals surface area contributed by atoms with E-state index in [-0.39, 0.29) is 18.4 Å². The molecule has 6 heteroatoms. The van der Waals surface area contributed by atoms with Gasteiger partial charge in [0.25, 0.3) is 0 Å². The molecule has 1 saturated heterocycles. The van der Waals surface area contributed by atoms with Gasteiger partial charge in [0, 0.05) is 11.4 Å². The van der Waals surface area contributed by atoms with Crippen LogP contribution in [0.4, 0.5) is 0 Å². The van der Waals surface area contributed by atoms with Gasteiger partial charge in [0.2, 0.25) is 11.8 Å². The van der Waals surface area contributed by atoms with E-state index in [9.17, 15) is 9.59 Å². The molecule has 0 spiro atoms. The highest BCUT2D eigenvalue weighted by Crippen LogP contribution is 2.24.